The molecule has 6 nitrogen and oxygen atoms in total. The highest BCUT2D eigenvalue weighted by Gasteiger charge is 2.23. The van der Waals surface area contributed by atoms with Crippen molar-refractivity contribution < 1.29 is 9.72 Å². The zero-order valence-corrected chi connectivity index (χ0v) is 12.2. The molecule has 1 fully saturated rings. The minimum Gasteiger partial charge on any atom is -0.267 e. The van der Waals surface area contributed by atoms with Crippen LogP contribution in [0.25, 0.3) is 0 Å². The van der Waals surface area contributed by atoms with Crippen LogP contribution in [0.3, 0.4) is 0 Å². The lowest BCUT2D eigenvalue weighted by Gasteiger charge is -2.26. The molecule has 1 aliphatic carbocycles. The number of nitro benzene ring substituents is 1. The number of hydrogen-bond donors (Lipinski definition) is 1. The van der Waals surface area contributed by atoms with Gasteiger partial charge in [0.2, 0.25) is 0 Å². The molecule has 0 aromatic heterocycles. The molecular formula is C15H19N3O3. The Hall–Kier alpha value is -2.24. The summed E-state index contributed by atoms with van der Waals surface area (Å²) in [7, 11) is 0. The lowest BCUT2D eigenvalue weighted by Crippen LogP contribution is -2.29. The Morgan fingerprint density at radius 1 is 1.24 bits per heavy atom. The number of hydrogen-bond acceptors (Lipinski definition) is 4. The molecule has 2 rings (SSSR count). The average Bonchev–Trinajstić information content (AvgIpc) is 2.46. The fourth-order valence-electron chi connectivity index (χ4n) is 2.65. The van der Waals surface area contributed by atoms with Crippen LogP contribution in [-0.2, 0) is 0 Å². The van der Waals surface area contributed by atoms with Crippen molar-refractivity contribution in [3.63, 3.8) is 0 Å². The number of nitrogens with one attached hydrogen (secondary N) is 1. The summed E-state index contributed by atoms with van der Waals surface area (Å²) in [6.07, 6.45) is 3.38. The van der Waals surface area contributed by atoms with Crippen molar-refractivity contribution >= 4 is 17.3 Å². The Balaban J connectivity index is 2.05. The van der Waals surface area contributed by atoms with E-state index in [1.54, 1.807) is 0 Å². The molecule has 1 N–H and O–H groups in total. The number of hydrazone groups is 1. The van der Waals surface area contributed by atoms with Gasteiger partial charge in [0.15, 0.2) is 0 Å². The minimum absolute atomic E-state index is 0.0348. The number of carbonyl (C=O) groups excluding carboxylic acids is 1. The molecule has 1 aromatic rings. The SMILES string of the molecule is C[C@@H]1CCC[C@H](C)C1=NNC(=O)c1ccc([N+](=O)[O-])cc1. The highest BCUT2D eigenvalue weighted by molar-refractivity contribution is 5.96. The van der Waals surface area contributed by atoms with Crippen LogP contribution in [0.4, 0.5) is 5.69 Å². The number of rotatable bonds is 3. The Morgan fingerprint density at radius 3 is 2.33 bits per heavy atom. The van der Waals surface area contributed by atoms with Crippen molar-refractivity contribution in [3.8, 4) is 0 Å². The molecule has 0 bridgehead atoms. The molecule has 0 saturated heterocycles. The van der Waals surface area contributed by atoms with Gasteiger partial charge in [-0.05, 0) is 36.8 Å². The van der Waals surface area contributed by atoms with Gasteiger partial charge in [0.05, 0.1) is 4.92 Å². The molecule has 1 saturated carbocycles. The second-order valence-corrected chi connectivity index (χ2v) is 5.51. The van der Waals surface area contributed by atoms with Gasteiger partial charge in [0.25, 0.3) is 11.6 Å². The fourth-order valence-corrected chi connectivity index (χ4v) is 2.65. The Labute approximate surface area is 123 Å². The summed E-state index contributed by atoms with van der Waals surface area (Å²) in [4.78, 5) is 22.1. The lowest BCUT2D eigenvalue weighted by molar-refractivity contribution is -0.384. The Morgan fingerprint density at radius 2 is 1.81 bits per heavy atom. The third-order valence-corrected chi connectivity index (χ3v) is 3.91. The van der Waals surface area contributed by atoms with Gasteiger partial charge < -0.3 is 0 Å². The third kappa shape index (κ3) is 3.65. The first-order chi connectivity index (χ1) is 9.99. The van der Waals surface area contributed by atoms with E-state index < -0.39 is 4.92 Å². The number of benzene rings is 1. The second kappa shape index (κ2) is 6.47. The van der Waals surface area contributed by atoms with Gasteiger partial charge in [-0.15, -0.1) is 0 Å². The van der Waals surface area contributed by atoms with E-state index in [0.29, 0.717) is 17.4 Å². The maximum Gasteiger partial charge on any atom is 0.271 e. The van der Waals surface area contributed by atoms with E-state index in [-0.39, 0.29) is 11.6 Å². The van der Waals surface area contributed by atoms with E-state index in [9.17, 15) is 14.9 Å². The molecule has 0 heterocycles. The molecule has 6 heteroatoms. The van der Waals surface area contributed by atoms with E-state index in [4.69, 9.17) is 0 Å². The monoisotopic (exact) mass is 289 g/mol. The van der Waals surface area contributed by atoms with Crippen molar-refractivity contribution in [2.45, 2.75) is 33.1 Å². The number of nitro groups is 1. The van der Waals surface area contributed by atoms with Crippen LogP contribution in [0.15, 0.2) is 29.4 Å². The molecule has 1 amide bonds. The molecule has 112 valence electrons. The zero-order valence-electron chi connectivity index (χ0n) is 12.2. The highest BCUT2D eigenvalue weighted by Crippen LogP contribution is 2.25. The van der Waals surface area contributed by atoms with Crippen LogP contribution < -0.4 is 5.43 Å². The van der Waals surface area contributed by atoms with Gasteiger partial charge >= 0.3 is 0 Å². The Kier molecular flexibility index (Phi) is 4.67. The molecule has 21 heavy (non-hydrogen) atoms. The largest absolute Gasteiger partial charge is 0.271 e. The maximum atomic E-state index is 12.0. The molecule has 1 aliphatic rings. The molecule has 0 aliphatic heterocycles. The van der Waals surface area contributed by atoms with Gasteiger partial charge in [0.1, 0.15) is 0 Å². The quantitative estimate of drug-likeness (QED) is 0.685. The molecule has 0 spiro atoms. The van der Waals surface area contributed by atoms with Crippen LogP contribution in [0.1, 0.15) is 43.5 Å². The van der Waals surface area contributed by atoms with Crippen LogP contribution in [0, 0.1) is 22.0 Å². The van der Waals surface area contributed by atoms with Crippen molar-refractivity contribution in [1.29, 1.82) is 0 Å². The standard InChI is InChI=1S/C15H19N3O3/c1-10-4-3-5-11(2)14(10)16-17-15(19)12-6-8-13(9-7-12)18(20)21/h6-11H,3-5H2,1-2H3,(H,17,19)/t10-,11+. The van der Waals surface area contributed by atoms with Crippen LogP contribution in [-0.4, -0.2) is 16.5 Å². The summed E-state index contributed by atoms with van der Waals surface area (Å²) in [5.41, 5.74) is 3.91. The van der Waals surface area contributed by atoms with E-state index in [1.807, 2.05) is 0 Å². The zero-order chi connectivity index (χ0) is 15.4. The van der Waals surface area contributed by atoms with Crippen LogP contribution in [0.2, 0.25) is 0 Å². The summed E-state index contributed by atoms with van der Waals surface area (Å²) in [6, 6.07) is 5.49. The predicted molar refractivity (Wildman–Crippen MR) is 80.2 cm³/mol. The fraction of sp³-hybridized carbons (Fsp3) is 0.467. The van der Waals surface area contributed by atoms with Gasteiger partial charge in [-0.25, -0.2) is 5.43 Å². The number of non-ortho nitro benzene ring substituents is 1. The van der Waals surface area contributed by atoms with Gasteiger partial charge in [-0.2, -0.15) is 5.10 Å². The minimum atomic E-state index is -0.493. The van der Waals surface area contributed by atoms with Crippen molar-refractivity contribution in [1.82, 2.24) is 5.43 Å². The predicted octanol–water partition coefficient (Wildman–Crippen LogP) is 3.14. The summed E-state index contributed by atoms with van der Waals surface area (Å²) in [6.45, 7) is 4.24. The summed E-state index contributed by atoms with van der Waals surface area (Å²) < 4.78 is 0. The molecular weight excluding hydrogens is 270 g/mol. The number of amides is 1. The number of nitrogens with zero attached hydrogens (tertiary/aromatic N) is 2. The summed E-state index contributed by atoms with van der Waals surface area (Å²) in [5, 5.41) is 14.8. The lowest BCUT2D eigenvalue weighted by atomic mass is 9.81. The normalized spacial score (nSPS) is 23.8. The van der Waals surface area contributed by atoms with E-state index >= 15 is 0 Å². The first kappa shape index (κ1) is 15.2. The highest BCUT2D eigenvalue weighted by atomic mass is 16.6. The van der Waals surface area contributed by atoms with Crippen molar-refractivity contribution in [3.05, 3.63) is 39.9 Å². The van der Waals surface area contributed by atoms with Crippen LogP contribution in [0.5, 0.6) is 0 Å². The Bertz CT molecular complexity index is 554. The molecule has 0 unspecified atom stereocenters. The smallest absolute Gasteiger partial charge is 0.267 e. The van der Waals surface area contributed by atoms with Crippen molar-refractivity contribution in [2.75, 3.05) is 0 Å². The van der Waals surface area contributed by atoms with Crippen LogP contribution >= 0.6 is 0 Å². The topological polar surface area (TPSA) is 84.6 Å². The van der Waals surface area contributed by atoms with E-state index in [2.05, 4.69) is 24.4 Å². The van der Waals surface area contributed by atoms with Gasteiger partial charge in [-0.3, -0.25) is 14.9 Å². The van der Waals surface area contributed by atoms with Crippen molar-refractivity contribution in [2.24, 2.45) is 16.9 Å². The molecule has 2 atom stereocenters. The maximum absolute atomic E-state index is 12.0. The van der Waals surface area contributed by atoms with Gasteiger partial charge in [0, 0.05) is 23.4 Å². The molecule has 1 aromatic carbocycles. The van der Waals surface area contributed by atoms with E-state index in [1.165, 1.54) is 30.7 Å². The first-order valence-corrected chi connectivity index (χ1v) is 7.11. The summed E-state index contributed by atoms with van der Waals surface area (Å²) >= 11 is 0. The van der Waals surface area contributed by atoms with Gasteiger partial charge in [-0.1, -0.05) is 20.3 Å². The first-order valence-electron chi connectivity index (χ1n) is 7.11. The second-order valence-electron chi connectivity index (χ2n) is 5.51. The average molecular weight is 289 g/mol. The number of carbonyl (C=O) groups is 1. The van der Waals surface area contributed by atoms with E-state index in [0.717, 1.165) is 18.6 Å². The third-order valence-electron chi connectivity index (χ3n) is 3.91. The summed E-state index contributed by atoms with van der Waals surface area (Å²) in [5.74, 6) is 0.416. The molecule has 0 radical (unpaired) electrons.